The van der Waals surface area contributed by atoms with Gasteiger partial charge in [-0.25, -0.2) is 18.9 Å². The molecule has 5 rings (SSSR count). The highest BCUT2D eigenvalue weighted by atomic mass is 19.1. The Kier molecular flexibility index (Phi) is 5.31. The molecule has 2 N–H and O–H groups in total. The van der Waals surface area contributed by atoms with Crippen molar-refractivity contribution in [1.82, 2.24) is 39.2 Å². The van der Waals surface area contributed by atoms with Gasteiger partial charge in [0.15, 0.2) is 0 Å². The number of alkyl halides is 1. The number of methoxy groups -OCH3 is 1. The Bertz CT molecular complexity index is 1380. The van der Waals surface area contributed by atoms with Gasteiger partial charge in [0.1, 0.15) is 16.9 Å². The van der Waals surface area contributed by atoms with Gasteiger partial charge in [0.05, 0.1) is 19.3 Å². The van der Waals surface area contributed by atoms with E-state index in [1.54, 1.807) is 41.5 Å². The van der Waals surface area contributed by atoms with Crippen molar-refractivity contribution >= 4 is 23.1 Å². The Morgan fingerprint density at radius 2 is 2.12 bits per heavy atom. The number of amides is 1. The van der Waals surface area contributed by atoms with E-state index in [0.29, 0.717) is 35.8 Å². The number of rotatable bonds is 5. The number of nitrogens with one attached hydrogen (secondary N) is 2. The first-order chi connectivity index (χ1) is 16.3. The molecule has 4 aromatic heterocycles. The van der Waals surface area contributed by atoms with E-state index in [1.165, 1.54) is 13.3 Å². The average Bonchev–Trinajstić information content (AvgIpc) is 3.43. The molecule has 1 fully saturated rings. The number of imidazole rings is 1. The lowest BCUT2D eigenvalue weighted by molar-refractivity contribution is 0.0619. The normalized spacial score (nSPS) is 21.1. The third-order valence-electron chi connectivity index (χ3n) is 6.22. The van der Waals surface area contributed by atoms with Crippen LogP contribution in [0.4, 0.5) is 10.3 Å². The molecular weight excluding hydrogens is 441 g/mol. The fraction of sp³-hybridized carbons (Fsp3) is 0.409. The van der Waals surface area contributed by atoms with Crippen molar-refractivity contribution in [2.45, 2.75) is 25.1 Å². The highest BCUT2D eigenvalue weighted by Crippen LogP contribution is 2.32. The van der Waals surface area contributed by atoms with Gasteiger partial charge in [0.2, 0.25) is 17.6 Å². The maximum absolute atomic E-state index is 15.2. The quantitative estimate of drug-likeness (QED) is 0.456. The van der Waals surface area contributed by atoms with Crippen molar-refractivity contribution in [1.29, 1.82) is 0 Å². The van der Waals surface area contributed by atoms with Crippen molar-refractivity contribution in [3.63, 3.8) is 0 Å². The molecule has 5 heterocycles. The van der Waals surface area contributed by atoms with Crippen molar-refractivity contribution in [2.75, 3.05) is 39.6 Å². The van der Waals surface area contributed by atoms with Crippen LogP contribution in [0.1, 0.15) is 23.8 Å². The van der Waals surface area contributed by atoms with E-state index in [2.05, 4.69) is 30.7 Å². The van der Waals surface area contributed by atoms with E-state index in [-0.39, 0.29) is 11.9 Å². The zero-order chi connectivity index (χ0) is 24.0. The Hall–Kier alpha value is -3.80. The summed E-state index contributed by atoms with van der Waals surface area (Å²) in [5.41, 5.74) is 1.07. The number of likely N-dealkylation sites (tertiary alicyclic amines) is 1. The number of anilines is 1. The molecule has 1 amide bonds. The zero-order valence-electron chi connectivity index (χ0n) is 19.4. The summed E-state index contributed by atoms with van der Waals surface area (Å²) in [5, 5.41) is 10.3. The van der Waals surface area contributed by atoms with Gasteiger partial charge in [-0.2, -0.15) is 4.98 Å². The lowest BCUT2D eigenvalue weighted by Gasteiger charge is -2.39. The van der Waals surface area contributed by atoms with Crippen LogP contribution in [0.2, 0.25) is 0 Å². The molecule has 0 saturated carbocycles. The lowest BCUT2D eigenvalue weighted by Crippen LogP contribution is -2.54. The molecule has 11 nitrogen and oxygen atoms in total. The number of aromatic nitrogens is 6. The van der Waals surface area contributed by atoms with Gasteiger partial charge in [-0.1, -0.05) is 0 Å². The summed E-state index contributed by atoms with van der Waals surface area (Å²) in [7, 11) is 5.00. The van der Waals surface area contributed by atoms with Crippen LogP contribution in [0.3, 0.4) is 0 Å². The van der Waals surface area contributed by atoms with Crippen LogP contribution < -0.4 is 15.4 Å². The molecule has 1 saturated heterocycles. The van der Waals surface area contributed by atoms with Gasteiger partial charge in [-0.3, -0.25) is 9.20 Å². The van der Waals surface area contributed by atoms with Crippen molar-refractivity contribution in [3.8, 4) is 17.0 Å². The van der Waals surface area contributed by atoms with Gasteiger partial charge < -0.3 is 20.3 Å². The summed E-state index contributed by atoms with van der Waals surface area (Å²) in [5.74, 6) is 0.768. The van der Waals surface area contributed by atoms with Gasteiger partial charge in [0, 0.05) is 49.9 Å². The van der Waals surface area contributed by atoms with Crippen LogP contribution in [0.5, 0.6) is 5.88 Å². The first-order valence-corrected chi connectivity index (χ1v) is 10.9. The number of hydrogen-bond donors (Lipinski definition) is 2. The SMILES string of the molecule is CNC(=O)c1cnc2ncc(-c3ccn4nc(NC5CCN(C)CC5(C)F)nc(OC)c34)cn12. The molecule has 178 valence electrons. The van der Waals surface area contributed by atoms with Crippen LogP contribution >= 0.6 is 0 Å². The Morgan fingerprint density at radius 1 is 1.32 bits per heavy atom. The van der Waals surface area contributed by atoms with E-state index < -0.39 is 11.7 Å². The van der Waals surface area contributed by atoms with Crippen molar-refractivity contribution in [2.24, 2.45) is 0 Å². The minimum absolute atomic E-state index is 0.265. The molecule has 4 aromatic rings. The maximum Gasteiger partial charge on any atom is 0.269 e. The van der Waals surface area contributed by atoms with Crippen LogP contribution in [0, 0.1) is 0 Å². The number of hydrogen-bond acceptors (Lipinski definition) is 8. The average molecular weight is 468 g/mol. The number of carbonyl (C=O) groups is 1. The highest BCUT2D eigenvalue weighted by Gasteiger charge is 2.39. The van der Waals surface area contributed by atoms with E-state index in [4.69, 9.17) is 4.74 Å². The minimum atomic E-state index is -1.42. The Labute approximate surface area is 195 Å². The summed E-state index contributed by atoms with van der Waals surface area (Å²) in [6, 6.07) is 1.45. The molecule has 2 unspecified atom stereocenters. The number of piperidine rings is 1. The van der Waals surface area contributed by atoms with E-state index >= 15 is 4.39 Å². The molecule has 0 radical (unpaired) electrons. The molecule has 12 heteroatoms. The molecule has 1 aliphatic heterocycles. The number of ether oxygens (including phenoxy) is 1. The summed E-state index contributed by atoms with van der Waals surface area (Å²) in [4.78, 5) is 27.2. The topological polar surface area (TPSA) is 114 Å². The molecule has 0 spiro atoms. The second-order valence-corrected chi connectivity index (χ2v) is 8.70. The minimum Gasteiger partial charge on any atom is -0.479 e. The fourth-order valence-electron chi connectivity index (χ4n) is 4.48. The van der Waals surface area contributed by atoms with Crippen LogP contribution in [-0.4, -0.2) is 85.8 Å². The predicted octanol–water partition coefficient (Wildman–Crippen LogP) is 1.65. The number of nitrogens with zero attached hydrogens (tertiary/aromatic N) is 7. The first kappa shape index (κ1) is 22.0. The molecule has 1 aliphatic rings. The largest absolute Gasteiger partial charge is 0.479 e. The Morgan fingerprint density at radius 3 is 2.85 bits per heavy atom. The fourth-order valence-corrected chi connectivity index (χ4v) is 4.48. The van der Waals surface area contributed by atoms with Crippen molar-refractivity contribution in [3.05, 3.63) is 36.5 Å². The molecule has 0 bridgehead atoms. The molecule has 34 heavy (non-hydrogen) atoms. The smallest absolute Gasteiger partial charge is 0.269 e. The third-order valence-corrected chi connectivity index (χ3v) is 6.22. The monoisotopic (exact) mass is 467 g/mol. The van der Waals surface area contributed by atoms with E-state index in [0.717, 1.165) is 17.7 Å². The molecule has 2 atom stereocenters. The van der Waals surface area contributed by atoms with E-state index in [1.807, 2.05) is 18.0 Å². The number of carbonyl (C=O) groups excluding carboxylic acids is 1. The standard InChI is InChI=1S/C22H26FN9O2/c1-22(23)12-30(3)7-6-16(22)27-20-28-19(34-4)17-14(5-8-32(17)29-20)13-9-25-21-26-10-15(18(33)24-2)31(21)11-13/h5,8-11,16H,6-7,12H2,1-4H3,(H,24,33)(H,27,29). The van der Waals surface area contributed by atoms with Crippen LogP contribution in [0.15, 0.2) is 30.9 Å². The third kappa shape index (κ3) is 3.69. The summed E-state index contributed by atoms with van der Waals surface area (Å²) in [6.45, 7) is 2.71. The van der Waals surface area contributed by atoms with Gasteiger partial charge in [0.25, 0.3) is 5.91 Å². The van der Waals surface area contributed by atoms with Crippen LogP contribution in [-0.2, 0) is 0 Å². The van der Waals surface area contributed by atoms with Gasteiger partial charge >= 0.3 is 0 Å². The van der Waals surface area contributed by atoms with E-state index in [9.17, 15) is 4.79 Å². The van der Waals surface area contributed by atoms with Gasteiger partial charge in [-0.05, 0) is 26.5 Å². The first-order valence-electron chi connectivity index (χ1n) is 10.9. The highest BCUT2D eigenvalue weighted by molar-refractivity contribution is 5.93. The second kappa shape index (κ2) is 8.20. The summed E-state index contributed by atoms with van der Waals surface area (Å²) >= 11 is 0. The second-order valence-electron chi connectivity index (χ2n) is 8.70. The lowest BCUT2D eigenvalue weighted by atomic mass is 9.91. The Balaban J connectivity index is 1.54. The zero-order valence-corrected chi connectivity index (χ0v) is 19.4. The summed E-state index contributed by atoms with van der Waals surface area (Å²) in [6.07, 6.45) is 7.35. The summed E-state index contributed by atoms with van der Waals surface area (Å²) < 4.78 is 24.0. The molecule has 0 aromatic carbocycles. The van der Waals surface area contributed by atoms with Crippen LogP contribution in [0.25, 0.3) is 22.4 Å². The maximum atomic E-state index is 15.2. The van der Waals surface area contributed by atoms with Gasteiger partial charge in [-0.15, -0.1) is 5.10 Å². The molecular formula is C22H26FN9O2. The predicted molar refractivity (Wildman–Crippen MR) is 124 cm³/mol. The number of fused-ring (bicyclic) bond motifs is 2. The number of halogens is 1. The van der Waals surface area contributed by atoms with Crippen molar-refractivity contribution < 1.29 is 13.9 Å². The molecule has 0 aliphatic carbocycles.